The molecule has 2 saturated heterocycles. The summed E-state index contributed by atoms with van der Waals surface area (Å²) in [6, 6.07) is 19.2. The van der Waals surface area contributed by atoms with Crippen molar-refractivity contribution in [2.75, 3.05) is 27.3 Å². The Labute approximate surface area is 312 Å². The normalized spacial score (nSPS) is 18.0. The molecular formula is C40H44N8O6. The number of hydrogen-bond acceptors (Lipinski definition) is 8. The molecule has 3 aromatic carbocycles. The zero-order valence-corrected chi connectivity index (χ0v) is 30.7. The van der Waals surface area contributed by atoms with Gasteiger partial charge in [-0.1, -0.05) is 48.5 Å². The van der Waals surface area contributed by atoms with Crippen LogP contribution >= 0.6 is 0 Å². The SMILES string of the molecule is COC(=O)NC(C)C(=O)N1CCC[C@H]1c1ncc(-c2ccc(-c3ccc4cc(-c5cnc([C@@H]6CCCN6C(=O)C(C)NC(=O)OC)[nH]5)ccc4c3)cc2)[nH]1. The maximum Gasteiger partial charge on any atom is 0.407 e. The minimum atomic E-state index is -0.706. The number of nitrogens with zero attached hydrogens (tertiary/aromatic N) is 4. The van der Waals surface area contributed by atoms with Gasteiger partial charge < -0.3 is 39.9 Å². The summed E-state index contributed by atoms with van der Waals surface area (Å²) in [6.07, 6.45) is 5.60. The summed E-state index contributed by atoms with van der Waals surface area (Å²) in [7, 11) is 2.54. The molecule has 7 rings (SSSR count). The van der Waals surface area contributed by atoms with Crippen LogP contribution in [0.5, 0.6) is 0 Å². The minimum absolute atomic E-state index is 0.170. The molecule has 280 valence electrons. The Balaban J connectivity index is 1.02. The van der Waals surface area contributed by atoms with Crippen LogP contribution in [-0.2, 0) is 19.1 Å². The molecule has 2 aliphatic rings. The monoisotopic (exact) mass is 732 g/mol. The lowest BCUT2D eigenvalue weighted by Gasteiger charge is -2.26. The van der Waals surface area contributed by atoms with E-state index in [1.807, 2.05) is 0 Å². The van der Waals surface area contributed by atoms with Gasteiger partial charge in [0.1, 0.15) is 23.7 Å². The molecular weight excluding hydrogens is 688 g/mol. The zero-order valence-electron chi connectivity index (χ0n) is 30.7. The average molecular weight is 733 g/mol. The molecule has 4 amide bonds. The van der Waals surface area contributed by atoms with Gasteiger partial charge in [0.2, 0.25) is 11.8 Å². The molecule has 2 aliphatic heterocycles. The molecule has 54 heavy (non-hydrogen) atoms. The van der Waals surface area contributed by atoms with Crippen molar-refractivity contribution in [3.8, 4) is 33.6 Å². The minimum Gasteiger partial charge on any atom is -0.453 e. The summed E-state index contributed by atoms with van der Waals surface area (Å²) in [5, 5.41) is 7.31. The number of likely N-dealkylation sites (tertiary alicyclic amines) is 2. The first kappa shape index (κ1) is 36.2. The van der Waals surface area contributed by atoms with Gasteiger partial charge in [0.05, 0.1) is 50.1 Å². The smallest absolute Gasteiger partial charge is 0.407 e. The van der Waals surface area contributed by atoms with Crippen LogP contribution in [0.15, 0.2) is 73.1 Å². The van der Waals surface area contributed by atoms with E-state index in [0.29, 0.717) is 13.1 Å². The quantitative estimate of drug-likeness (QED) is 0.141. The molecule has 2 fully saturated rings. The third-order valence-electron chi connectivity index (χ3n) is 10.4. The Bertz CT molecular complexity index is 2180. The fraction of sp³-hybridized carbons (Fsp3) is 0.350. The number of alkyl carbamates (subject to hydrolysis) is 2. The lowest BCUT2D eigenvalue weighted by Crippen LogP contribution is -2.46. The lowest BCUT2D eigenvalue weighted by molar-refractivity contribution is -0.134. The van der Waals surface area contributed by atoms with Gasteiger partial charge in [0, 0.05) is 18.7 Å². The van der Waals surface area contributed by atoms with E-state index in [9.17, 15) is 19.2 Å². The van der Waals surface area contributed by atoms with E-state index in [-0.39, 0.29) is 23.9 Å². The van der Waals surface area contributed by atoms with Crippen molar-refractivity contribution in [3.63, 3.8) is 0 Å². The molecule has 0 bridgehead atoms. The van der Waals surface area contributed by atoms with Gasteiger partial charge in [-0.05, 0) is 79.1 Å². The molecule has 2 unspecified atom stereocenters. The van der Waals surface area contributed by atoms with Crippen LogP contribution in [0.2, 0.25) is 0 Å². The van der Waals surface area contributed by atoms with E-state index in [2.05, 4.69) is 101 Å². The van der Waals surface area contributed by atoms with Crippen LogP contribution in [-0.4, -0.2) is 93.1 Å². The number of ether oxygens (including phenoxy) is 2. The van der Waals surface area contributed by atoms with Gasteiger partial charge in [0.25, 0.3) is 0 Å². The van der Waals surface area contributed by atoms with Gasteiger partial charge in [-0.15, -0.1) is 0 Å². The summed E-state index contributed by atoms with van der Waals surface area (Å²) in [4.78, 5) is 69.2. The summed E-state index contributed by atoms with van der Waals surface area (Å²) in [6.45, 7) is 4.50. The number of imidazole rings is 2. The largest absolute Gasteiger partial charge is 0.453 e. The van der Waals surface area contributed by atoms with Crippen LogP contribution in [0.1, 0.15) is 63.3 Å². The highest BCUT2D eigenvalue weighted by Crippen LogP contribution is 2.35. The van der Waals surface area contributed by atoms with E-state index in [1.54, 1.807) is 36.0 Å². The maximum atomic E-state index is 13.1. The molecule has 14 nitrogen and oxygen atoms in total. The number of nitrogens with one attached hydrogen (secondary N) is 4. The van der Waals surface area contributed by atoms with Crippen LogP contribution in [0.4, 0.5) is 9.59 Å². The van der Waals surface area contributed by atoms with Gasteiger partial charge in [-0.2, -0.15) is 0 Å². The van der Waals surface area contributed by atoms with Crippen molar-refractivity contribution in [2.45, 2.75) is 63.7 Å². The standard InChI is InChI=1S/C40H44N8O6/c1-23(43-39(51)53-3)37(49)47-17-5-7-33(47)35-41-21-31(45-35)26-11-9-25(10-12-26)27-13-14-29-20-30(16-15-28(29)19-27)32-22-42-36(46-32)34-8-6-18-48(34)38(50)24(2)44-40(52)54-4/h9-16,19-24,33-34H,5-8,17-18H2,1-4H3,(H,41,45)(H,42,46)(H,43,51)(H,44,52)/t23?,24?,33-,34-/m0/s1. The third kappa shape index (κ3) is 7.36. The average Bonchev–Trinajstić information content (AvgIpc) is 4.03. The highest BCUT2D eigenvalue weighted by molar-refractivity contribution is 5.91. The number of carbonyl (C=O) groups excluding carboxylic acids is 4. The number of carbonyl (C=O) groups is 4. The van der Waals surface area contributed by atoms with E-state index >= 15 is 0 Å². The number of benzene rings is 3. The first-order valence-electron chi connectivity index (χ1n) is 18.2. The number of aromatic nitrogens is 4. The summed E-state index contributed by atoms with van der Waals surface area (Å²) >= 11 is 0. The number of fused-ring (bicyclic) bond motifs is 1. The Kier molecular flexibility index (Phi) is 10.3. The Hall–Kier alpha value is -6.18. The molecule has 0 spiro atoms. The highest BCUT2D eigenvalue weighted by atomic mass is 16.5. The van der Waals surface area contributed by atoms with Gasteiger partial charge >= 0.3 is 12.2 Å². The molecule has 4 atom stereocenters. The van der Waals surface area contributed by atoms with Crippen molar-refractivity contribution >= 4 is 34.8 Å². The summed E-state index contributed by atoms with van der Waals surface area (Å²) in [5.74, 6) is 1.11. The van der Waals surface area contributed by atoms with Crippen molar-refractivity contribution in [1.82, 2.24) is 40.4 Å². The number of methoxy groups -OCH3 is 2. The van der Waals surface area contributed by atoms with Crippen LogP contribution in [0, 0.1) is 0 Å². The summed E-state index contributed by atoms with van der Waals surface area (Å²) < 4.78 is 9.30. The molecule has 14 heteroatoms. The van der Waals surface area contributed by atoms with Crippen molar-refractivity contribution < 1.29 is 28.7 Å². The Morgan fingerprint density at radius 2 is 1.07 bits per heavy atom. The van der Waals surface area contributed by atoms with Gasteiger partial charge in [0.15, 0.2) is 0 Å². The van der Waals surface area contributed by atoms with E-state index in [0.717, 1.165) is 81.7 Å². The van der Waals surface area contributed by atoms with Crippen molar-refractivity contribution in [2.24, 2.45) is 0 Å². The number of aromatic amines is 2. The molecule has 2 aromatic heterocycles. The van der Waals surface area contributed by atoms with Crippen molar-refractivity contribution in [3.05, 3.63) is 84.7 Å². The fourth-order valence-electron chi connectivity index (χ4n) is 7.46. The third-order valence-corrected chi connectivity index (χ3v) is 10.4. The number of amides is 4. The maximum absolute atomic E-state index is 13.1. The number of hydrogen-bond donors (Lipinski definition) is 4. The van der Waals surface area contributed by atoms with Crippen molar-refractivity contribution in [1.29, 1.82) is 0 Å². The van der Waals surface area contributed by atoms with Crippen LogP contribution < -0.4 is 10.6 Å². The van der Waals surface area contributed by atoms with Crippen LogP contribution in [0.3, 0.4) is 0 Å². The number of rotatable bonds is 9. The second kappa shape index (κ2) is 15.4. The molecule has 4 N–H and O–H groups in total. The molecule has 0 saturated carbocycles. The summed E-state index contributed by atoms with van der Waals surface area (Å²) in [5.41, 5.74) is 5.87. The van der Waals surface area contributed by atoms with E-state index in [4.69, 9.17) is 0 Å². The fourth-order valence-corrected chi connectivity index (χ4v) is 7.46. The van der Waals surface area contributed by atoms with E-state index < -0.39 is 24.3 Å². The molecule has 4 heterocycles. The second-order valence-corrected chi connectivity index (χ2v) is 13.8. The predicted molar refractivity (Wildman–Crippen MR) is 202 cm³/mol. The molecule has 0 radical (unpaired) electrons. The predicted octanol–water partition coefficient (Wildman–Crippen LogP) is 6.10. The first-order chi connectivity index (χ1) is 26.1. The van der Waals surface area contributed by atoms with Gasteiger partial charge in [-0.3, -0.25) is 9.59 Å². The molecule has 0 aliphatic carbocycles. The highest BCUT2D eigenvalue weighted by Gasteiger charge is 2.36. The van der Waals surface area contributed by atoms with E-state index in [1.165, 1.54) is 14.2 Å². The topological polar surface area (TPSA) is 175 Å². The Morgan fingerprint density at radius 1 is 0.648 bits per heavy atom. The first-order valence-corrected chi connectivity index (χ1v) is 18.2. The zero-order chi connectivity index (χ0) is 37.9. The second-order valence-electron chi connectivity index (χ2n) is 13.8. The number of H-pyrrole nitrogens is 2. The van der Waals surface area contributed by atoms with Crippen LogP contribution in [0.25, 0.3) is 44.4 Å². The van der Waals surface area contributed by atoms with Gasteiger partial charge in [-0.25, -0.2) is 19.6 Å². The lowest BCUT2D eigenvalue weighted by atomic mass is 9.98. The Morgan fingerprint density at radius 3 is 1.57 bits per heavy atom. The molecule has 5 aromatic rings.